The van der Waals surface area contributed by atoms with Gasteiger partial charge in [0.15, 0.2) is 0 Å². The molecule has 2 aliphatic heterocycles. The molecule has 2 fully saturated rings. The maximum atomic E-state index is 13.1. The van der Waals surface area contributed by atoms with E-state index in [-0.39, 0.29) is 35.1 Å². The van der Waals surface area contributed by atoms with Crippen LogP contribution in [0.4, 0.5) is 0 Å². The van der Waals surface area contributed by atoms with Crippen molar-refractivity contribution in [2.75, 3.05) is 19.7 Å². The van der Waals surface area contributed by atoms with E-state index in [1.807, 2.05) is 6.92 Å². The minimum Gasteiger partial charge on any atom is -0.508 e. The maximum absolute atomic E-state index is 13.1. The van der Waals surface area contributed by atoms with Crippen molar-refractivity contribution in [3.05, 3.63) is 63.7 Å². The average Bonchev–Trinajstić information content (AvgIpc) is 2.75. The summed E-state index contributed by atoms with van der Waals surface area (Å²) in [5.41, 5.74) is 8.70. The molecule has 0 saturated carbocycles. The Hall–Kier alpha value is -2.61. The van der Waals surface area contributed by atoms with Gasteiger partial charge in [-0.15, -0.1) is 0 Å². The number of aromatic hydroxyl groups is 1. The van der Waals surface area contributed by atoms with E-state index in [0.717, 1.165) is 5.56 Å². The number of halogens is 1. The van der Waals surface area contributed by atoms with Crippen molar-refractivity contribution < 1.29 is 24.5 Å². The lowest BCUT2D eigenvalue weighted by Gasteiger charge is -2.42. The van der Waals surface area contributed by atoms with Crippen LogP contribution in [0.1, 0.15) is 51.8 Å². The number of ether oxygens (including phenoxy) is 1. The van der Waals surface area contributed by atoms with Gasteiger partial charge < -0.3 is 25.6 Å². The number of phenols is 1. The number of carbonyl (C=O) groups excluding carboxylic acids is 1. The SMILES string of the molecule is Cc1cc(O)c([C@H](N)C2CCN(C(=O)[C@@H]3OC[C@@H]3c3ccccc3C(=O)O)CC2)cc1Cl. The number of phenolic OH excluding ortho intramolecular Hbond substituents is 1. The van der Waals surface area contributed by atoms with Gasteiger partial charge in [-0.05, 0) is 55.0 Å². The molecule has 8 heteroatoms. The predicted octanol–water partition coefficient (Wildman–Crippen LogP) is 3.47. The van der Waals surface area contributed by atoms with Crippen LogP contribution in [0.2, 0.25) is 5.02 Å². The molecule has 2 aromatic rings. The van der Waals surface area contributed by atoms with E-state index in [0.29, 0.717) is 48.7 Å². The first-order valence-corrected chi connectivity index (χ1v) is 11.1. The Balaban J connectivity index is 1.40. The molecule has 0 aromatic heterocycles. The number of aryl methyl sites for hydroxylation is 1. The number of aromatic carboxylic acids is 1. The summed E-state index contributed by atoms with van der Waals surface area (Å²) < 4.78 is 5.57. The second-order valence-electron chi connectivity index (χ2n) is 8.60. The van der Waals surface area contributed by atoms with E-state index in [1.54, 1.807) is 41.3 Å². The number of benzene rings is 2. The summed E-state index contributed by atoms with van der Waals surface area (Å²) in [5.74, 6) is -1.14. The number of carbonyl (C=O) groups is 2. The molecular formula is C24H27ClN2O5. The number of carboxylic acid groups (broad SMARTS) is 1. The molecule has 0 bridgehead atoms. The number of carboxylic acids is 1. The van der Waals surface area contributed by atoms with Crippen LogP contribution in [0.3, 0.4) is 0 Å². The topological polar surface area (TPSA) is 113 Å². The largest absolute Gasteiger partial charge is 0.508 e. The van der Waals surface area contributed by atoms with Gasteiger partial charge in [0.25, 0.3) is 5.91 Å². The van der Waals surface area contributed by atoms with Crippen molar-refractivity contribution in [2.45, 2.75) is 37.8 Å². The lowest BCUT2D eigenvalue weighted by Crippen LogP contribution is -2.53. The number of hydrogen-bond donors (Lipinski definition) is 3. The van der Waals surface area contributed by atoms with Gasteiger partial charge in [-0.3, -0.25) is 4.79 Å². The van der Waals surface area contributed by atoms with Crippen molar-refractivity contribution in [1.29, 1.82) is 0 Å². The van der Waals surface area contributed by atoms with E-state index in [2.05, 4.69) is 0 Å². The third kappa shape index (κ3) is 4.20. The maximum Gasteiger partial charge on any atom is 0.335 e. The quantitative estimate of drug-likeness (QED) is 0.632. The lowest BCUT2D eigenvalue weighted by molar-refractivity contribution is -0.162. The Morgan fingerprint density at radius 1 is 1.22 bits per heavy atom. The smallest absolute Gasteiger partial charge is 0.335 e. The highest BCUT2D eigenvalue weighted by atomic mass is 35.5. The number of piperidine rings is 1. The number of nitrogens with zero attached hydrogens (tertiary/aromatic N) is 1. The fourth-order valence-electron chi connectivity index (χ4n) is 4.66. The normalized spacial score (nSPS) is 22.3. The molecule has 4 N–H and O–H groups in total. The fraction of sp³-hybridized carbons (Fsp3) is 0.417. The number of rotatable bonds is 5. The Labute approximate surface area is 191 Å². The molecule has 1 amide bonds. The van der Waals surface area contributed by atoms with Crippen LogP contribution in [0.25, 0.3) is 0 Å². The van der Waals surface area contributed by atoms with Gasteiger partial charge in [-0.25, -0.2) is 4.79 Å². The third-order valence-corrected chi connectivity index (χ3v) is 7.09. The molecule has 2 heterocycles. The van der Waals surface area contributed by atoms with Crippen molar-refractivity contribution in [2.24, 2.45) is 11.7 Å². The van der Waals surface area contributed by atoms with Gasteiger partial charge in [0.05, 0.1) is 12.2 Å². The van der Waals surface area contributed by atoms with E-state index < -0.39 is 12.1 Å². The van der Waals surface area contributed by atoms with Crippen LogP contribution in [-0.4, -0.2) is 52.8 Å². The number of nitrogens with two attached hydrogens (primary N) is 1. The highest BCUT2D eigenvalue weighted by Crippen LogP contribution is 2.38. The van der Waals surface area contributed by atoms with E-state index >= 15 is 0 Å². The zero-order chi connectivity index (χ0) is 23.0. The second kappa shape index (κ2) is 9.10. The zero-order valence-corrected chi connectivity index (χ0v) is 18.6. The van der Waals surface area contributed by atoms with Crippen LogP contribution in [0.5, 0.6) is 5.75 Å². The molecule has 4 rings (SSSR count). The van der Waals surface area contributed by atoms with Gasteiger partial charge in [0.2, 0.25) is 0 Å². The Bertz CT molecular complexity index is 1040. The van der Waals surface area contributed by atoms with Crippen molar-refractivity contribution in [3.8, 4) is 5.75 Å². The molecule has 0 unspecified atom stereocenters. The van der Waals surface area contributed by atoms with E-state index in [1.165, 1.54) is 0 Å². The molecule has 2 aliphatic rings. The van der Waals surface area contributed by atoms with Crippen LogP contribution in [0, 0.1) is 12.8 Å². The summed E-state index contributed by atoms with van der Waals surface area (Å²) in [4.78, 5) is 26.4. The fourth-order valence-corrected chi connectivity index (χ4v) is 4.83. The first kappa shape index (κ1) is 22.6. The molecular weight excluding hydrogens is 432 g/mol. The Kier molecular flexibility index (Phi) is 6.42. The molecule has 170 valence electrons. The van der Waals surface area contributed by atoms with E-state index in [4.69, 9.17) is 22.1 Å². The highest BCUT2D eigenvalue weighted by Gasteiger charge is 2.43. The summed E-state index contributed by atoms with van der Waals surface area (Å²) in [5, 5.41) is 20.3. The van der Waals surface area contributed by atoms with Gasteiger partial charge in [-0.2, -0.15) is 0 Å². The second-order valence-corrected chi connectivity index (χ2v) is 9.01. The molecule has 3 atom stereocenters. The molecule has 0 aliphatic carbocycles. The standard InChI is InChI=1S/C24H27ClN2O5/c1-13-10-20(28)17(11-19(13)25)21(26)14-6-8-27(9-7-14)23(29)22-18(12-32-22)15-4-2-3-5-16(15)24(30)31/h2-5,10-11,14,18,21-22,28H,6-9,12,26H2,1H3,(H,30,31)/t18-,21-,22-/m1/s1. The van der Waals surface area contributed by atoms with Gasteiger partial charge in [0.1, 0.15) is 11.9 Å². The van der Waals surface area contributed by atoms with Crippen LogP contribution in [-0.2, 0) is 9.53 Å². The molecule has 0 spiro atoms. The first-order valence-electron chi connectivity index (χ1n) is 10.7. The molecule has 0 radical (unpaired) electrons. The average molecular weight is 459 g/mol. The predicted molar refractivity (Wildman–Crippen MR) is 120 cm³/mol. The van der Waals surface area contributed by atoms with Crippen LogP contribution >= 0.6 is 11.6 Å². The van der Waals surface area contributed by atoms with E-state index in [9.17, 15) is 19.8 Å². The number of likely N-dealkylation sites (tertiary alicyclic amines) is 1. The van der Waals surface area contributed by atoms with Gasteiger partial charge in [-0.1, -0.05) is 29.8 Å². The Morgan fingerprint density at radius 2 is 1.91 bits per heavy atom. The molecule has 7 nitrogen and oxygen atoms in total. The lowest BCUT2D eigenvalue weighted by atomic mass is 9.83. The minimum atomic E-state index is -1.01. The van der Waals surface area contributed by atoms with Crippen LogP contribution < -0.4 is 5.73 Å². The number of hydrogen-bond acceptors (Lipinski definition) is 5. The first-order chi connectivity index (χ1) is 15.3. The van der Waals surface area contributed by atoms with Crippen molar-refractivity contribution >= 4 is 23.5 Å². The third-order valence-electron chi connectivity index (χ3n) is 6.68. The van der Waals surface area contributed by atoms with Gasteiger partial charge in [0, 0.05) is 35.6 Å². The summed E-state index contributed by atoms with van der Waals surface area (Å²) in [6.07, 6.45) is 0.725. The summed E-state index contributed by atoms with van der Waals surface area (Å²) in [6, 6.07) is 9.73. The summed E-state index contributed by atoms with van der Waals surface area (Å²) in [7, 11) is 0. The molecule has 32 heavy (non-hydrogen) atoms. The van der Waals surface area contributed by atoms with Gasteiger partial charge >= 0.3 is 5.97 Å². The highest BCUT2D eigenvalue weighted by molar-refractivity contribution is 6.31. The molecule has 2 saturated heterocycles. The summed E-state index contributed by atoms with van der Waals surface area (Å²) >= 11 is 6.22. The molecule has 2 aromatic carbocycles. The zero-order valence-electron chi connectivity index (χ0n) is 17.8. The minimum absolute atomic E-state index is 0.106. The Morgan fingerprint density at radius 3 is 2.53 bits per heavy atom. The monoisotopic (exact) mass is 458 g/mol. The number of amides is 1. The van der Waals surface area contributed by atoms with Crippen molar-refractivity contribution in [1.82, 2.24) is 4.90 Å². The van der Waals surface area contributed by atoms with Crippen molar-refractivity contribution in [3.63, 3.8) is 0 Å². The van der Waals surface area contributed by atoms with Crippen LogP contribution in [0.15, 0.2) is 36.4 Å². The summed E-state index contributed by atoms with van der Waals surface area (Å²) in [6.45, 7) is 3.22.